The summed E-state index contributed by atoms with van der Waals surface area (Å²) in [7, 11) is 0. The zero-order valence-corrected chi connectivity index (χ0v) is 30.0. The maximum absolute atomic E-state index is 5.27. The van der Waals surface area contributed by atoms with Crippen LogP contribution in [0.4, 0.5) is 11.4 Å². The van der Waals surface area contributed by atoms with Crippen LogP contribution < -0.4 is 4.90 Å². The van der Waals surface area contributed by atoms with Crippen LogP contribution in [0, 0.1) is 0 Å². The molecule has 258 valence electrons. The maximum Gasteiger partial charge on any atom is 0.235 e. The molecule has 1 aliphatic heterocycles. The molecule has 7 aromatic carbocycles. The Labute approximate surface area is 319 Å². The molecule has 0 amide bonds. The van der Waals surface area contributed by atoms with E-state index in [4.69, 9.17) is 9.97 Å². The number of aromatic nitrogens is 3. The molecule has 3 heterocycles. The second-order valence-corrected chi connectivity index (χ2v) is 14.2. The van der Waals surface area contributed by atoms with Gasteiger partial charge in [0.15, 0.2) is 0 Å². The summed E-state index contributed by atoms with van der Waals surface area (Å²) in [5, 5.41) is 4.82. The van der Waals surface area contributed by atoms with Gasteiger partial charge in [0, 0.05) is 45.0 Å². The average molecular weight is 703 g/mol. The third-order valence-electron chi connectivity index (χ3n) is 11.0. The van der Waals surface area contributed by atoms with Crippen molar-refractivity contribution >= 4 is 55.1 Å². The highest BCUT2D eigenvalue weighted by molar-refractivity contribution is 6.10. The van der Waals surface area contributed by atoms with Crippen molar-refractivity contribution in [3.05, 3.63) is 211 Å². The van der Waals surface area contributed by atoms with E-state index in [1.165, 1.54) is 55.3 Å². The van der Waals surface area contributed by atoms with Crippen molar-refractivity contribution < 1.29 is 0 Å². The van der Waals surface area contributed by atoms with E-state index in [0.717, 1.165) is 45.5 Å². The minimum Gasteiger partial charge on any atom is -0.313 e. The number of fused-ring (bicyclic) bond motifs is 8. The van der Waals surface area contributed by atoms with Crippen LogP contribution in [0.25, 0.3) is 72.2 Å². The van der Waals surface area contributed by atoms with Gasteiger partial charge in [0.1, 0.15) is 0 Å². The lowest BCUT2D eigenvalue weighted by Crippen LogP contribution is -2.22. The molecule has 1 aliphatic carbocycles. The average Bonchev–Trinajstić information content (AvgIpc) is 3.46. The van der Waals surface area contributed by atoms with Crippen LogP contribution in [-0.4, -0.2) is 14.5 Å². The van der Waals surface area contributed by atoms with Gasteiger partial charge >= 0.3 is 0 Å². The highest BCUT2D eigenvalue weighted by Crippen LogP contribution is 2.48. The summed E-state index contributed by atoms with van der Waals surface area (Å²) in [6, 6.07) is 62.4. The molecule has 4 nitrogen and oxygen atoms in total. The van der Waals surface area contributed by atoms with Crippen LogP contribution in [0.3, 0.4) is 0 Å². The first-order valence-corrected chi connectivity index (χ1v) is 18.8. The predicted octanol–water partition coefficient (Wildman–Crippen LogP) is 13.0. The molecule has 0 atom stereocenters. The number of allylic oxidation sites excluding steroid dienone is 5. The van der Waals surface area contributed by atoms with Crippen molar-refractivity contribution in [2.45, 2.75) is 6.42 Å². The Bertz CT molecular complexity index is 3000. The minimum absolute atomic E-state index is 0.648. The molecule has 0 saturated heterocycles. The van der Waals surface area contributed by atoms with E-state index in [9.17, 15) is 0 Å². The van der Waals surface area contributed by atoms with E-state index < -0.39 is 0 Å². The van der Waals surface area contributed by atoms with Crippen molar-refractivity contribution in [2.75, 3.05) is 4.90 Å². The Morgan fingerprint density at radius 1 is 0.455 bits per heavy atom. The smallest absolute Gasteiger partial charge is 0.235 e. The molecule has 55 heavy (non-hydrogen) atoms. The molecule has 0 radical (unpaired) electrons. The van der Waals surface area contributed by atoms with Gasteiger partial charge in [-0.05, 0) is 58.5 Å². The standard InChI is InChI=1S/C51H34N4/c1-3-15-35(16-4-1)45-33-46(36-17-5-2-6-18-36)53-51(52-45)55-49-24-12-10-22-43(49)44-29-27-38(32-50(44)55)37-26-28-40-31-39(30-37)42-21-9-11-23-47(42)54(40)48-25-13-19-34-14-7-8-20-41(34)48/h1-30,32-33H,31H2. The van der Waals surface area contributed by atoms with Crippen LogP contribution in [-0.2, 0) is 0 Å². The summed E-state index contributed by atoms with van der Waals surface area (Å²) in [6.07, 6.45) is 7.83. The van der Waals surface area contributed by atoms with Crippen molar-refractivity contribution in [1.29, 1.82) is 0 Å². The molecular weight excluding hydrogens is 669 g/mol. The molecule has 2 aromatic heterocycles. The summed E-state index contributed by atoms with van der Waals surface area (Å²) in [6.45, 7) is 0. The van der Waals surface area contributed by atoms with E-state index in [0.29, 0.717) is 5.95 Å². The van der Waals surface area contributed by atoms with Gasteiger partial charge in [-0.1, -0.05) is 158 Å². The van der Waals surface area contributed by atoms with Gasteiger partial charge in [-0.3, -0.25) is 4.57 Å². The van der Waals surface area contributed by atoms with Gasteiger partial charge in [0.2, 0.25) is 5.95 Å². The summed E-state index contributed by atoms with van der Waals surface area (Å²) in [5.41, 5.74) is 14.6. The highest BCUT2D eigenvalue weighted by Gasteiger charge is 2.28. The molecule has 0 fully saturated rings. The molecule has 0 unspecified atom stereocenters. The Hall–Kier alpha value is -7.30. The molecule has 0 spiro atoms. The van der Waals surface area contributed by atoms with Crippen LogP contribution in [0.15, 0.2) is 200 Å². The lowest BCUT2D eigenvalue weighted by molar-refractivity contribution is 0.995. The molecule has 9 aromatic rings. The summed E-state index contributed by atoms with van der Waals surface area (Å²) >= 11 is 0. The number of benzene rings is 7. The van der Waals surface area contributed by atoms with Gasteiger partial charge in [-0.2, -0.15) is 0 Å². The number of anilines is 2. The number of hydrogen-bond acceptors (Lipinski definition) is 3. The molecule has 0 N–H and O–H groups in total. The fourth-order valence-electron chi connectivity index (χ4n) is 8.43. The van der Waals surface area contributed by atoms with Gasteiger partial charge in [-0.15, -0.1) is 0 Å². The van der Waals surface area contributed by atoms with Crippen molar-refractivity contribution in [1.82, 2.24) is 14.5 Å². The molecule has 0 saturated carbocycles. The second-order valence-electron chi connectivity index (χ2n) is 14.2. The normalized spacial score (nSPS) is 13.7. The van der Waals surface area contributed by atoms with Crippen molar-refractivity contribution in [2.24, 2.45) is 0 Å². The fraction of sp³-hybridized carbons (Fsp3) is 0.0196. The Morgan fingerprint density at radius 2 is 1.09 bits per heavy atom. The number of nitrogens with zero attached hydrogens (tertiary/aromatic N) is 4. The Morgan fingerprint density at radius 3 is 1.89 bits per heavy atom. The Kier molecular flexibility index (Phi) is 7.20. The van der Waals surface area contributed by atoms with Crippen LogP contribution in [0.1, 0.15) is 17.5 Å². The lowest BCUT2D eigenvalue weighted by atomic mass is 9.91. The first kappa shape index (κ1) is 31.2. The second kappa shape index (κ2) is 12.7. The topological polar surface area (TPSA) is 34.0 Å². The quantitative estimate of drug-likeness (QED) is 0.179. The van der Waals surface area contributed by atoms with E-state index in [1.54, 1.807) is 0 Å². The van der Waals surface area contributed by atoms with E-state index >= 15 is 0 Å². The molecular formula is C51H34N4. The first-order valence-electron chi connectivity index (χ1n) is 18.8. The van der Waals surface area contributed by atoms with Gasteiger partial charge in [0.25, 0.3) is 0 Å². The fourth-order valence-corrected chi connectivity index (χ4v) is 8.43. The van der Waals surface area contributed by atoms with Crippen molar-refractivity contribution in [3.8, 4) is 28.5 Å². The molecule has 2 bridgehead atoms. The highest BCUT2D eigenvalue weighted by atomic mass is 15.2. The third kappa shape index (κ3) is 5.22. The van der Waals surface area contributed by atoms with E-state index in [1.807, 2.05) is 12.1 Å². The van der Waals surface area contributed by atoms with Crippen LogP contribution >= 0.6 is 0 Å². The summed E-state index contributed by atoms with van der Waals surface area (Å²) < 4.78 is 2.24. The maximum atomic E-state index is 5.27. The summed E-state index contributed by atoms with van der Waals surface area (Å²) in [5.74, 6) is 0.648. The zero-order valence-electron chi connectivity index (χ0n) is 30.0. The Balaban J connectivity index is 1.11. The zero-order chi connectivity index (χ0) is 36.3. The van der Waals surface area contributed by atoms with E-state index in [2.05, 4.69) is 191 Å². The summed E-state index contributed by atoms with van der Waals surface area (Å²) in [4.78, 5) is 13.0. The molecule has 11 rings (SSSR count). The van der Waals surface area contributed by atoms with Gasteiger partial charge in [0.05, 0.1) is 33.8 Å². The molecule has 2 aliphatic rings. The minimum atomic E-state index is 0.648. The molecule has 4 heteroatoms. The number of rotatable bonds is 5. The number of para-hydroxylation sites is 2. The van der Waals surface area contributed by atoms with Gasteiger partial charge < -0.3 is 4.90 Å². The van der Waals surface area contributed by atoms with Crippen LogP contribution in [0.2, 0.25) is 0 Å². The first-order chi connectivity index (χ1) is 27.3. The third-order valence-corrected chi connectivity index (χ3v) is 11.0. The predicted molar refractivity (Wildman–Crippen MR) is 228 cm³/mol. The largest absolute Gasteiger partial charge is 0.313 e. The van der Waals surface area contributed by atoms with Gasteiger partial charge in [-0.25, -0.2) is 9.97 Å². The number of hydrogen-bond donors (Lipinski definition) is 0. The SMILES string of the molecule is C1=C(c2ccc3c4ccccc4n(-c4nc(-c5ccccc5)cc(-c5ccccc5)n4)c3c2)C=C2CC(=C1)N(c1cccc3ccccc13)c1ccccc12. The van der Waals surface area contributed by atoms with Crippen molar-refractivity contribution in [3.63, 3.8) is 0 Å². The lowest BCUT2D eigenvalue weighted by Gasteiger charge is -2.35. The van der Waals surface area contributed by atoms with Crippen LogP contribution in [0.5, 0.6) is 0 Å². The van der Waals surface area contributed by atoms with E-state index in [-0.39, 0.29) is 0 Å². The monoisotopic (exact) mass is 702 g/mol.